The second-order valence-corrected chi connectivity index (χ2v) is 6.48. The summed E-state index contributed by atoms with van der Waals surface area (Å²) in [4.78, 5) is 25.9. The number of nitrogens with one attached hydrogen (secondary N) is 2. The van der Waals surface area contributed by atoms with Crippen molar-refractivity contribution < 1.29 is 14.3 Å². The molecule has 0 radical (unpaired) electrons. The third-order valence-corrected chi connectivity index (χ3v) is 4.56. The molecular weight excluding hydrogens is 354 g/mol. The number of hydrogen-bond acceptors (Lipinski definition) is 4. The van der Waals surface area contributed by atoms with Gasteiger partial charge in [0, 0.05) is 24.3 Å². The first-order valence-corrected chi connectivity index (χ1v) is 8.63. The first-order chi connectivity index (χ1) is 12.5. The molecular formula is C19H20ClN3O3. The standard InChI is InChI=1S/C19H20ClN3O3/c1-12-3-4-13(9-17(12)26-2)19(25)22-14-5-6-16(15(20)10-14)23-8-7-21-18(24)11-23/h3-6,9-10H,7-8,11H2,1-2H3,(H,21,24)(H,22,25). The van der Waals surface area contributed by atoms with E-state index in [0.29, 0.717) is 35.1 Å². The molecule has 1 saturated heterocycles. The largest absolute Gasteiger partial charge is 0.496 e. The summed E-state index contributed by atoms with van der Waals surface area (Å²) in [5.41, 5.74) is 2.82. The maximum atomic E-state index is 12.5. The second kappa shape index (κ2) is 7.66. The van der Waals surface area contributed by atoms with Gasteiger partial charge >= 0.3 is 0 Å². The Kier molecular flexibility index (Phi) is 5.32. The van der Waals surface area contributed by atoms with Gasteiger partial charge in [-0.15, -0.1) is 0 Å². The number of amides is 2. The van der Waals surface area contributed by atoms with Crippen LogP contribution in [0.15, 0.2) is 36.4 Å². The van der Waals surface area contributed by atoms with E-state index in [0.717, 1.165) is 11.3 Å². The summed E-state index contributed by atoms with van der Waals surface area (Å²) < 4.78 is 5.26. The first-order valence-electron chi connectivity index (χ1n) is 8.25. The van der Waals surface area contributed by atoms with Gasteiger partial charge in [0.25, 0.3) is 5.91 Å². The Balaban J connectivity index is 1.75. The Hall–Kier alpha value is -2.73. The Bertz CT molecular complexity index is 854. The van der Waals surface area contributed by atoms with Gasteiger partial charge in [0.05, 0.1) is 24.4 Å². The Morgan fingerprint density at radius 2 is 2.08 bits per heavy atom. The molecule has 3 rings (SSSR count). The number of carbonyl (C=O) groups is 2. The number of nitrogens with zero attached hydrogens (tertiary/aromatic N) is 1. The van der Waals surface area contributed by atoms with E-state index in [4.69, 9.17) is 16.3 Å². The number of methoxy groups -OCH3 is 1. The number of piperazine rings is 1. The average molecular weight is 374 g/mol. The number of ether oxygens (including phenoxy) is 1. The lowest BCUT2D eigenvalue weighted by atomic mass is 10.1. The molecule has 0 spiro atoms. The minimum atomic E-state index is -0.246. The van der Waals surface area contributed by atoms with Gasteiger partial charge < -0.3 is 20.3 Å². The lowest BCUT2D eigenvalue weighted by Gasteiger charge is -2.29. The van der Waals surface area contributed by atoms with Gasteiger partial charge in [-0.3, -0.25) is 9.59 Å². The normalized spacial score (nSPS) is 14.0. The summed E-state index contributed by atoms with van der Waals surface area (Å²) in [6.07, 6.45) is 0. The molecule has 2 N–H and O–H groups in total. The predicted octanol–water partition coefficient (Wildman–Crippen LogP) is 2.85. The third kappa shape index (κ3) is 3.91. The van der Waals surface area contributed by atoms with Crippen molar-refractivity contribution in [2.24, 2.45) is 0 Å². The topological polar surface area (TPSA) is 70.7 Å². The molecule has 7 heteroatoms. The zero-order chi connectivity index (χ0) is 18.7. The van der Waals surface area contributed by atoms with E-state index < -0.39 is 0 Å². The smallest absolute Gasteiger partial charge is 0.255 e. The summed E-state index contributed by atoms with van der Waals surface area (Å²) in [7, 11) is 1.57. The molecule has 0 aromatic heterocycles. The van der Waals surface area contributed by atoms with Crippen molar-refractivity contribution in [3.05, 3.63) is 52.5 Å². The van der Waals surface area contributed by atoms with Crippen molar-refractivity contribution in [3.8, 4) is 5.75 Å². The van der Waals surface area contributed by atoms with Crippen LogP contribution in [0, 0.1) is 6.92 Å². The maximum Gasteiger partial charge on any atom is 0.255 e. The minimum Gasteiger partial charge on any atom is -0.496 e. The quantitative estimate of drug-likeness (QED) is 0.864. The van der Waals surface area contributed by atoms with Crippen molar-refractivity contribution >= 4 is 34.8 Å². The number of aryl methyl sites for hydroxylation is 1. The van der Waals surface area contributed by atoms with Crippen molar-refractivity contribution in [2.75, 3.05) is 37.0 Å². The lowest BCUT2D eigenvalue weighted by molar-refractivity contribution is -0.120. The van der Waals surface area contributed by atoms with E-state index in [1.54, 1.807) is 31.4 Å². The molecule has 0 unspecified atom stereocenters. The second-order valence-electron chi connectivity index (χ2n) is 6.08. The highest BCUT2D eigenvalue weighted by molar-refractivity contribution is 6.33. The fraction of sp³-hybridized carbons (Fsp3) is 0.263. The van der Waals surface area contributed by atoms with E-state index in [1.807, 2.05) is 24.0 Å². The van der Waals surface area contributed by atoms with Crippen LogP contribution >= 0.6 is 11.6 Å². The summed E-state index contributed by atoms with van der Waals surface area (Å²) in [6.45, 7) is 3.47. The van der Waals surface area contributed by atoms with Crippen molar-refractivity contribution in [1.82, 2.24) is 5.32 Å². The summed E-state index contributed by atoms with van der Waals surface area (Å²) >= 11 is 6.36. The molecule has 26 heavy (non-hydrogen) atoms. The van der Waals surface area contributed by atoms with E-state index in [9.17, 15) is 9.59 Å². The van der Waals surface area contributed by atoms with Gasteiger partial charge in [0.2, 0.25) is 5.91 Å². The van der Waals surface area contributed by atoms with Crippen LogP contribution in [0.2, 0.25) is 5.02 Å². The summed E-state index contributed by atoms with van der Waals surface area (Å²) in [6, 6.07) is 10.6. The van der Waals surface area contributed by atoms with Crippen LogP contribution < -0.4 is 20.3 Å². The van der Waals surface area contributed by atoms with Crippen LogP contribution in [-0.4, -0.2) is 38.6 Å². The van der Waals surface area contributed by atoms with E-state index in [1.165, 1.54) is 0 Å². The molecule has 0 aliphatic carbocycles. The van der Waals surface area contributed by atoms with Crippen LogP contribution in [0.4, 0.5) is 11.4 Å². The fourth-order valence-corrected chi connectivity index (χ4v) is 3.15. The molecule has 2 amide bonds. The number of benzene rings is 2. The summed E-state index contributed by atoms with van der Waals surface area (Å²) in [5.74, 6) is 0.386. The number of halogens is 1. The highest BCUT2D eigenvalue weighted by Gasteiger charge is 2.19. The van der Waals surface area contributed by atoms with E-state index in [2.05, 4.69) is 10.6 Å². The molecule has 1 aliphatic heterocycles. The number of carbonyl (C=O) groups excluding carboxylic acids is 2. The average Bonchev–Trinajstić information content (AvgIpc) is 2.62. The number of hydrogen-bond donors (Lipinski definition) is 2. The molecule has 1 aliphatic rings. The number of rotatable bonds is 4. The zero-order valence-corrected chi connectivity index (χ0v) is 15.4. The van der Waals surface area contributed by atoms with Gasteiger partial charge in [-0.1, -0.05) is 17.7 Å². The van der Waals surface area contributed by atoms with Gasteiger partial charge in [0.15, 0.2) is 0 Å². The minimum absolute atomic E-state index is 0.0296. The molecule has 0 atom stereocenters. The molecule has 1 fully saturated rings. The monoisotopic (exact) mass is 373 g/mol. The van der Waals surface area contributed by atoms with Crippen molar-refractivity contribution in [1.29, 1.82) is 0 Å². The molecule has 1 heterocycles. The highest BCUT2D eigenvalue weighted by Crippen LogP contribution is 2.29. The zero-order valence-electron chi connectivity index (χ0n) is 14.6. The molecule has 2 aromatic carbocycles. The van der Waals surface area contributed by atoms with E-state index >= 15 is 0 Å². The van der Waals surface area contributed by atoms with Gasteiger partial charge in [-0.05, 0) is 42.8 Å². The van der Waals surface area contributed by atoms with Gasteiger partial charge in [-0.2, -0.15) is 0 Å². The number of anilines is 2. The highest BCUT2D eigenvalue weighted by atomic mass is 35.5. The molecule has 136 valence electrons. The molecule has 2 aromatic rings. The fourth-order valence-electron chi connectivity index (χ4n) is 2.85. The van der Waals surface area contributed by atoms with Crippen LogP contribution in [0.5, 0.6) is 5.75 Å². The predicted molar refractivity (Wildman–Crippen MR) is 102 cm³/mol. The van der Waals surface area contributed by atoms with Gasteiger partial charge in [0.1, 0.15) is 5.75 Å². The lowest BCUT2D eigenvalue weighted by Crippen LogP contribution is -2.47. The Morgan fingerprint density at radius 1 is 1.27 bits per heavy atom. The Morgan fingerprint density at radius 3 is 2.77 bits per heavy atom. The maximum absolute atomic E-state index is 12.5. The Labute approximate surface area is 157 Å². The first kappa shape index (κ1) is 18.1. The van der Waals surface area contributed by atoms with Crippen molar-refractivity contribution in [3.63, 3.8) is 0 Å². The molecule has 0 saturated carbocycles. The van der Waals surface area contributed by atoms with Crippen LogP contribution in [0.1, 0.15) is 15.9 Å². The van der Waals surface area contributed by atoms with Gasteiger partial charge in [-0.25, -0.2) is 0 Å². The summed E-state index contributed by atoms with van der Waals surface area (Å²) in [5, 5.41) is 6.10. The third-order valence-electron chi connectivity index (χ3n) is 4.25. The SMILES string of the molecule is COc1cc(C(=O)Nc2ccc(N3CCNC(=O)C3)c(Cl)c2)ccc1C. The van der Waals surface area contributed by atoms with Crippen molar-refractivity contribution in [2.45, 2.75) is 6.92 Å². The molecule has 6 nitrogen and oxygen atoms in total. The van der Waals surface area contributed by atoms with E-state index in [-0.39, 0.29) is 18.4 Å². The molecule has 0 bridgehead atoms. The van der Waals surface area contributed by atoms with Crippen LogP contribution in [-0.2, 0) is 4.79 Å². The van der Waals surface area contributed by atoms with Crippen LogP contribution in [0.25, 0.3) is 0 Å². The van der Waals surface area contributed by atoms with Crippen LogP contribution in [0.3, 0.4) is 0 Å².